The molecule has 0 fully saturated rings. The fourth-order valence-electron chi connectivity index (χ4n) is 2.79. The maximum atomic E-state index is 12.6. The number of carbonyl (C=O) groups excluding carboxylic acids is 2. The Morgan fingerprint density at radius 1 is 1.21 bits per heavy atom. The molecule has 0 aliphatic heterocycles. The predicted molar refractivity (Wildman–Crippen MR) is 114 cm³/mol. The van der Waals surface area contributed by atoms with Gasteiger partial charge < -0.3 is 21.2 Å². The zero-order valence-corrected chi connectivity index (χ0v) is 16.8. The van der Waals surface area contributed by atoms with Crippen LogP contribution < -0.4 is 21.4 Å². The van der Waals surface area contributed by atoms with Crippen LogP contribution in [-0.4, -0.2) is 30.6 Å². The van der Waals surface area contributed by atoms with Gasteiger partial charge in [-0.25, -0.2) is 9.78 Å². The molecule has 2 rings (SSSR count). The summed E-state index contributed by atoms with van der Waals surface area (Å²) in [6.45, 7) is 3.43. The third-order valence-electron chi connectivity index (χ3n) is 4.29. The summed E-state index contributed by atoms with van der Waals surface area (Å²) < 4.78 is 0. The molecule has 0 saturated heterocycles. The number of hydroxylamine groups is 1. The number of nitrogens with zero attached hydrogens (tertiary/aromatic N) is 2. The Balaban J connectivity index is 2.11. The van der Waals surface area contributed by atoms with E-state index in [1.165, 1.54) is 0 Å². The lowest BCUT2D eigenvalue weighted by Gasteiger charge is -2.21. The first-order chi connectivity index (χ1) is 14.2. The van der Waals surface area contributed by atoms with Crippen molar-refractivity contribution in [3.8, 4) is 0 Å². The number of benzene rings is 1. The number of rotatable bonds is 12. The summed E-state index contributed by atoms with van der Waals surface area (Å²) in [6, 6.07) is 10.5. The average molecular weight is 399 g/mol. The monoisotopic (exact) mass is 399 g/mol. The quantitative estimate of drug-likeness (QED) is 0.286. The van der Waals surface area contributed by atoms with Crippen molar-refractivity contribution in [1.82, 2.24) is 10.3 Å². The molecule has 4 N–H and O–H groups in total. The number of aromatic nitrogens is 1. The van der Waals surface area contributed by atoms with E-state index < -0.39 is 6.03 Å². The normalized spacial score (nSPS) is 10.3. The molecule has 1 aromatic carbocycles. The first-order valence-corrected chi connectivity index (χ1v) is 9.89. The van der Waals surface area contributed by atoms with Gasteiger partial charge in [0, 0.05) is 18.4 Å². The Morgan fingerprint density at radius 3 is 2.69 bits per heavy atom. The van der Waals surface area contributed by atoms with Crippen LogP contribution in [-0.2, 0) is 16.1 Å². The average Bonchev–Trinajstić information content (AvgIpc) is 2.74. The van der Waals surface area contributed by atoms with Crippen LogP contribution in [0.15, 0.2) is 42.6 Å². The second-order valence-electron chi connectivity index (χ2n) is 6.52. The molecule has 156 valence electrons. The zero-order chi connectivity index (χ0) is 20.9. The van der Waals surface area contributed by atoms with Crippen LogP contribution in [0.3, 0.4) is 0 Å². The minimum absolute atomic E-state index is 0.217. The van der Waals surface area contributed by atoms with E-state index in [4.69, 9.17) is 10.6 Å². The van der Waals surface area contributed by atoms with Crippen LogP contribution in [0.2, 0.25) is 0 Å². The van der Waals surface area contributed by atoms with E-state index in [0.29, 0.717) is 24.6 Å². The van der Waals surface area contributed by atoms with Gasteiger partial charge >= 0.3 is 12.5 Å². The van der Waals surface area contributed by atoms with Crippen LogP contribution in [0.4, 0.5) is 22.0 Å². The van der Waals surface area contributed by atoms with Crippen molar-refractivity contribution in [2.75, 3.05) is 23.5 Å². The molecule has 0 spiro atoms. The van der Waals surface area contributed by atoms with E-state index in [9.17, 15) is 9.59 Å². The molecule has 2 aromatic rings. The van der Waals surface area contributed by atoms with E-state index in [0.717, 1.165) is 48.4 Å². The first-order valence-electron chi connectivity index (χ1n) is 9.89. The van der Waals surface area contributed by atoms with Crippen molar-refractivity contribution in [2.45, 2.75) is 39.0 Å². The molecule has 29 heavy (non-hydrogen) atoms. The number of nitrogens with two attached hydrogens (primary N) is 1. The van der Waals surface area contributed by atoms with Crippen molar-refractivity contribution in [2.24, 2.45) is 5.73 Å². The lowest BCUT2D eigenvalue weighted by molar-refractivity contribution is -0.128. The molecular formula is C21H29N5O3. The number of urea groups is 1. The van der Waals surface area contributed by atoms with Crippen LogP contribution in [0, 0.1) is 0 Å². The van der Waals surface area contributed by atoms with Crippen LogP contribution in [0.1, 0.15) is 38.2 Å². The van der Waals surface area contributed by atoms with Crippen molar-refractivity contribution in [3.63, 3.8) is 0 Å². The Morgan fingerprint density at radius 2 is 2.00 bits per heavy atom. The van der Waals surface area contributed by atoms with Gasteiger partial charge in [-0.1, -0.05) is 38.3 Å². The molecule has 0 radical (unpaired) electrons. The largest absolute Gasteiger partial charge is 0.355 e. The summed E-state index contributed by atoms with van der Waals surface area (Å²) in [5.74, 6) is 0.391. The summed E-state index contributed by atoms with van der Waals surface area (Å²) >= 11 is 0. The minimum atomic E-state index is -0.525. The molecule has 0 aliphatic carbocycles. The molecular weight excluding hydrogens is 370 g/mol. The third kappa shape index (κ3) is 7.08. The number of hydrogen-bond donors (Lipinski definition) is 3. The predicted octanol–water partition coefficient (Wildman–Crippen LogP) is 3.51. The fourth-order valence-corrected chi connectivity index (χ4v) is 2.79. The van der Waals surface area contributed by atoms with E-state index in [-0.39, 0.29) is 6.47 Å². The lowest BCUT2D eigenvalue weighted by atomic mass is 10.1. The topological polar surface area (TPSA) is 110 Å². The number of amides is 2. The highest BCUT2D eigenvalue weighted by molar-refractivity contribution is 5.94. The van der Waals surface area contributed by atoms with Crippen LogP contribution in [0.25, 0.3) is 0 Å². The van der Waals surface area contributed by atoms with E-state index in [1.54, 1.807) is 18.3 Å². The lowest BCUT2D eigenvalue weighted by Crippen LogP contribution is -2.40. The van der Waals surface area contributed by atoms with E-state index >= 15 is 0 Å². The van der Waals surface area contributed by atoms with E-state index in [2.05, 4.69) is 22.5 Å². The Hall–Kier alpha value is -3.13. The van der Waals surface area contributed by atoms with Gasteiger partial charge in [-0.2, -0.15) is 0 Å². The second kappa shape index (κ2) is 12.4. The van der Waals surface area contributed by atoms with Gasteiger partial charge in [-0.15, -0.1) is 5.06 Å². The molecule has 8 heteroatoms. The third-order valence-corrected chi connectivity index (χ3v) is 4.29. The first kappa shape index (κ1) is 22.2. The Kier molecular flexibility index (Phi) is 9.44. The second-order valence-corrected chi connectivity index (χ2v) is 6.52. The number of carbonyl (C=O) groups is 2. The van der Waals surface area contributed by atoms with Crippen molar-refractivity contribution < 1.29 is 14.4 Å². The standard InChI is InChI=1S/C21H29N5O3/c1-2-3-4-5-14-24-21(28)26(29-16-27)19-7-6-15-23-20(19)25-18-10-8-17(9-11-18)12-13-22/h6-11,15-16H,2-5,12-14,22H2,1H3,(H,23,25)(H,24,28). The number of anilines is 3. The van der Waals surface area contributed by atoms with Gasteiger partial charge in [0.25, 0.3) is 0 Å². The molecule has 0 aliphatic rings. The maximum absolute atomic E-state index is 12.6. The SMILES string of the molecule is CCCCCCNC(=O)N(OC=O)c1cccnc1Nc1ccc(CCN)cc1. The van der Waals surface area contributed by atoms with Gasteiger partial charge in [0.05, 0.1) is 0 Å². The minimum Gasteiger partial charge on any atom is -0.338 e. The molecule has 2 amide bonds. The van der Waals surface area contributed by atoms with Gasteiger partial charge in [0.15, 0.2) is 5.82 Å². The molecule has 8 nitrogen and oxygen atoms in total. The summed E-state index contributed by atoms with van der Waals surface area (Å²) in [5.41, 5.74) is 7.83. The van der Waals surface area contributed by atoms with Crippen LogP contribution >= 0.6 is 0 Å². The van der Waals surface area contributed by atoms with Gasteiger partial charge in [-0.05, 0) is 49.2 Å². The maximum Gasteiger partial charge on any atom is 0.355 e. The highest BCUT2D eigenvalue weighted by Crippen LogP contribution is 2.27. The summed E-state index contributed by atoms with van der Waals surface area (Å²) in [5, 5.41) is 6.84. The number of hydrogen-bond acceptors (Lipinski definition) is 6. The van der Waals surface area contributed by atoms with Crippen molar-refractivity contribution in [3.05, 3.63) is 48.2 Å². The van der Waals surface area contributed by atoms with Gasteiger partial charge in [0.2, 0.25) is 0 Å². The molecule has 0 atom stereocenters. The molecule has 0 unspecified atom stereocenters. The highest BCUT2D eigenvalue weighted by atomic mass is 16.7. The molecule has 0 saturated carbocycles. The molecule has 1 heterocycles. The number of unbranched alkanes of at least 4 members (excludes halogenated alkanes) is 3. The summed E-state index contributed by atoms with van der Waals surface area (Å²) in [4.78, 5) is 32.8. The smallest absolute Gasteiger partial charge is 0.338 e. The van der Waals surface area contributed by atoms with Crippen molar-refractivity contribution in [1.29, 1.82) is 0 Å². The molecule has 0 bridgehead atoms. The van der Waals surface area contributed by atoms with Gasteiger partial charge in [-0.3, -0.25) is 4.79 Å². The van der Waals surface area contributed by atoms with E-state index in [1.807, 2.05) is 24.3 Å². The van der Waals surface area contributed by atoms with Crippen LogP contribution in [0.5, 0.6) is 0 Å². The zero-order valence-electron chi connectivity index (χ0n) is 16.8. The molecule has 1 aromatic heterocycles. The number of pyridine rings is 1. The Bertz CT molecular complexity index is 767. The highest BCUT2D eigenvalue weighted by Gasteiger charge is 2.21. The van der Waals surface area contributed by atoms with Crippen molar-refractivity contribution >= 4 is 29.7 Å². The number of nitrogens with one attached hydrogen (secondary N) is 2. The van der Waals surface area contributed by atoms with Gasteiger partial charge in [0.1, 0.15) is 5.69 Å². The fraction of sp³-hybridized carbons (Fsp3) is 0.381. The summed E-state index contributed by atoms with van der Waals surface area (Å²) in [7, 11) is 0. The summed E-state index contributed by atoms with van der Waals surface area (Å²) in [6.07, 6.45) is 6.52. The Labute approximate surface area is 171 Å².